The number of carboxylic acids is 2. The molecule has 6 heteroatoms. The second-order valence-electron chi connectivity index (χ2n) is 4.33. The number of aliphatic carboxylic acids is 2. The van der Waals surface area contributed by atoms with Crippen molar-refractivity contribution in [1.29, 1.82) is 0 Å². The van der Waals surface area contributed by atoms with E-state index >= 15 is 0 Å². The van der Waals surface area contributed by atoms with E-state index in [1.54, 1.807) is 24.3 Å². The maximum Gasteiger partial charge on any atom is 0.348 e. The van der Waals surface area contributed by atoms with Crippen molar-refractivity contribution >= 4 is 11.9 Å². The van der Waals surface area contributed by atoms with Crippen LogP contribution in [0.4, 0.5) is 0 Å². The fraction of sp³-hybridized carbons (Fsp3) is 0.333. The van der Waals surface area contributed by atoms with E-state index in [4.69, 9.17) is 15.6 Å². The van der Waals surface area contributed by atoms with Crippen molar-refractivity contribution in [2.45, 2.75) is 24.5 Å². The molecule has 1 aromatic carbocycles. The van der Waals surface area contributed by atoms with Crippen LogP contribution in [0.1, 0.15) is 12.0 Å². The Bertz CT molecular complexity index is 474. The summed E-state index contributed by atoms with van der Waals surface area (Å²) in [4.78, 5) is 22.1. The van der Waals surface area contributed by atoms with E-state index in [1.165, 1.54) is 0 Å². The summed E-state index contributed by atoms with van der Waals surface area (Å²) in [6.45, 7) is 0. The van der Waals surface area contributed by atoms with E-state index in [1.807, 2.05) is 0 Å². The fourth-order valence-electron chi connectivity index (χ4n) is 2.07. The van der Waals surface area contributed by atoms with Crippen LogP contribution in [-0.4, -0.2) is 33.8 Å². The van der Waals surface area contributed by atoms with Crippen LogP contribution in [0.5, 0.6) is 5.75 Å². The smallest absolute Gasteiger partial charge is 0.348 e. The topological polar surface area (TPSA) is 110 Å². The zero-order valence-corrected chi connectivity index (χ0v) is 9.50. The van der Waals surface area contributed by atoms with Crippen molar-refractivity contribution in [3.63, 3.8) is 0 Å². The minimum Gasteiger partial charge on any atom is -0.480 e. The monoisotopic (exact) mass is 251 g/mol. The van der Waals surface area contributed by atoms with E-state index in [0.29, 0.717) is 5.75 Å². The first kappa shape index (κ1) is 12.4. The molecule has 0 saturated heterocycles. The maximum atomic E-state index is 11.4. The van der Waals surface area contributed by atoms with Crippen LogP contribution in [0.3, 0.4) is 0 Å². The molecule has 1 heterocycles. The molecular weight excluding hydrogens is 238 g/mol. The first-order valence-electron chi connectivity index (χ1n) is 5.43. The molecule has 2 atom stereocenters. The highest BCUT2D eigenvalue weighted by atomic mass is 16.5. The van der Waals surface area contributed by atoms with Gasteiger partial charge in [0.1, 0.15) is 11.8 Å². The zero-order valence-electron chi connectivity index (χ0n) is 9.50. The van der Waals surface area contributed by atoms with Crippen LogP contribution in [0.15, 0.2) is 24.3 Å². The third-order valence-electron chi connectivity index (χ3n) is 3.01. The molecule has 1 aliphatic heterocycles. The average molecular weight is 251 g/mol. The molecule has 18 heavy (non-hydrogen) atoms. The number of benzene rings is 1. The van der Waals surface area contributed by atoms with Gasteiger partial charge in [0.2, 0.25) is 5.60 Å². The lowest BCUT2D eigenvalue weighted by atomic mass is 9.90. The molecule has 0 radical (unpaired) electrons. The summed E-state index contributed by atoms with van der Waals surface area (Å²) < 4.78 is 5.43. The van der Waals surface area contributed by atoms with Crippen LogP contribution in [-0.2, 0) is 16.0 Å². The quantitative estimate of drug-likeness (QED) is 0.707. The minimum atomic E-state index is -1.58. The summed E-state index contributed by atoms with van der Waals surface area (Å²) in [5.41, 5.74) is 4.58. The number of para-hydroxylation sites is 1. The summed E-state index contributed by atoms with van der Waals surface area (Å²) >= 11 is 0. The molecule has 0 fully saturated rings. The van der Waals surface area contributed by atoms with Crippen molar-refractivity contribution in [1.82, 2.24) is 0 Å². The van der Waals surface area contributed by atoms with Crippen molar-refractivity contribution in [2.75, 3.05) is 0 Å². The van der Waals surface area contributed by atoms with Gasteiger partial charge in [-0.1, -0.05) is 18.2 Å². The van der Waals surface area contributed by atoms with Gasteiger partial charge in [-0.05, 0) is 11.6 Å². The molecule has 1 aromatic rings. The van der Waals surface area contributed by atoms with Gasteiger partial charge >= 0.3 is 11.9 Å². The molecule has 0 unspecified atom stereocenters. The molecule has 0 saturated carbocycles. The Morgan fingerprint density at radius 3 is 2.61 bits per heavy atom. The van der Waals surface area contributed by atoms with Crippen molar-refractivity contribution in [3.8, 4) is 5.75 Å². The average Bonchev–Trinajstić information content (AvgIpc) is 2.68. The van der Waals surface area contributed by atoms with Crippen molar-refractivity contribution in [3.05, 3.63) is 29.8 Å². The Kier molecular flexibility index (Phi) is 2.96. The first-order valence-corrected chi connectivity index (χ1v) is 5.43. The van der Waals surface area contributed by atoms with Crippen molar-refractivity contribution in [2.24, 2.45) is 5.73 Å². The van der Waals surface area contributed by atoms with Crippen LogP contribution >= 0.6 is 0 Å². The molecule has 0 spiro atoms. The van der Waals surface area contributed by atoms with Gasteiger partial charge in [0, 0.05) is 12.8 Å². The lowest BCUT2D eigenvalue weighted by Crippen LogP contribution is -2.50. The predicted molar refractivity (Wildman–Crippen MR) is 61.4 cm³/mol. The van der Waals surface area contributed by atoms with Gasteiger partial charge in [-0.25, -0.2) is 4.79 Å². The second-order valence-corrected chi connectivity index (χ2v) is 4.33. The van der Waals surface area contributed by atoms with E-state index < -0.39 is 23.6 Å². The molecule has 96 valence electrons. The highest BCUT2D eigenvalue weighted by Gasteiger charge is 2.48. The van der Waals surface area contributed by atoms with E-state index in [0.717, 1.165) is 5.56 Å². The Morgan fingerprint density at radius 1 is 1.39 bits per heavy atom. The third kappa shape index (κ3) is 2.02. The molecular formula is C12H13NO5. The SMILES string of the molecule is N[C@@H](C[C@@]1(C(=O)O)Cc2ccccc2O1)C(=O)O. The standard InChI is InChI=1S/C12H13NO5/c13-8(10(14)15)6-12(11(16)17)5-7-3-1-2-4-9(7)18-12/h1-4,8H,5-6,13H2,(H,14,15)(H,16,17)/t8-,12+/m0/s1. The Labute approximate surface area is 103 Å². The molecule has 0 aliphatic carbocycles. The van der Waals surface area contributed by atoms with Crippen LogP contribution in [0.2, 0.25) is 0 Å². The van der Waals surface area contributed by atoms with Gasteiger partial charge in [0.25, 0.3) is 0 Å². The predicted octanol–water partition coefficient (Wildman–Crippen LogP) is 0.247. The van der Waals surface area contributed by atoms with Crippen LogP contribution < -0.4 is 10.5 Å². The Balaban J connectivity index is 2.28. The lowest BCUT2D eigenvalue weighted by molar-refractivity contribution is -0.156. The van der Waals surface area contributed by atoms with Crippen LogP contribution in [0.25, 0.3) is 0 Å². The number of nitrogens with two attached hydrogens (primary N) is 1. The van der Waals surface area contributed by atoms with E-state index in [2.05, 4.69) is 0 Å². The molecule has 0 aromatic heterocycles. The van der Waals surface area contributed by atoms with Crippen molar-refractivity contribution < 1.29 is 24.5 Å². The maximum absolute atomic E-state index is 11.4. The molecule has 2 rings (SSSR count). The second kappa shape index (κ2) is 4.30. The number of ether oxygens (including phenoxy) is 1. The van der Waals surface area contributed by atoms with Crippen LogP contribution in [0, 0.1) is 0 Å². The molecule has 0 amide bonds. The number of carboxylic acid groups (broad SMARTS) is 2. The van der Waals surface area contributed by atoms with E-state index in [-0.39, 0.29) is 12.8 Å². The Hall–Kier alpha value is -2.08. The summed E-state index contributed by atoms with van der Waals surface area (Å²) in [5.74, 6) is -1.97. The first-order chi connectivity index (χ1) is 8.44. The van der Waals surface area contributed by atoms with E-state index in [9.17, 15) is 14.7 Å². The van der Waals surface area contributed by atoms with Gasteiger partial charge in [-0.2, -0.15) is 0 Å². The summed E-state index contributed by atoms with van der Waals surface area (Å²) in [6, 6.07) is 5.65. The van der Waals surface area contributed by atoms with Gasteiger partial charge < -0.3 is 20.7 Å². The molecule has 4 N–H and O–H groups in total. The highest BCUT2D eigenvalue weighted by Crippen LogP contribution is 2.37. The lowest BCUT2D eigenvalue weighted by Gasteiger charge is -2.25. The van der Waals surface area contributed by atoms with Gasteiger partial charge in [0.15, 0.2) is 0 Å². The number of hydrogen-bond donors (Lipinski definition) is 3. The van der Waals surface area contributed by atoms with Gasteiger partial charge in [-0.15, -0.1) is 0 Å². The largest absolute Gasteiger partial charge is 0.480 e. The van der Waals surface area contributed by atoms with Gasteiger partial charge in [0.05, 0.1) is 0 Å². The summed E-state index contributed by atoms with van der Waals surface area (Å²) in [6.07, 6.45) is -0.147. The number of hydrogen-bond acceptors (Lipinski definition) is 4. The molecule has 1 aliphatic rings. The normalized spacial score (nSPS) is 22.9. The summed E-state index contributed by atoms with van der Waals surface area (Å²) in [7, 11) is 0. The third-order valence-corrected chi connectivity index (χ3v) is 3.01. The number of carbonyl (C=O) groups is 2. The number of fused-ring (bicyclic) bond motifs is 1. The minimum absolute atomic E-state index is 0.124. The zero-order chi connectivity index (χ0) is 13.3. The summed E-state index contributed by atoms with van der Waals surface area (Å²) in [5, 5.41) is 18.1. The molecule has 0 bridgehead atoms. The highest BCUT2D eigenvalue weighted by molar-refractivity contribution is 5.82. The van der Waals surface area contributed by atoms with Gasteiger partial charge in [-0.3, -0.25) is 4.79 Å². The fourth-order valence-corrected chi connectivity index (χ4v) is 2.07. The molecule has 6 nitrogen and oxygen atoms in total. The number of rotatable bonds is 4. The Morgan fingerprint density at radius 2 is 2.06 bits per heavy atom.